The summed E-state index contributed by atoms with van der Waals surface area (Å²) in [7, 11) is 0. The SMILES string of the molecule is C=CCC(/C=C\C)n1c2c(c3cccc(C4C=CC=CC4C4CC=CC=C4C(C)CCc4c(C)c5cc(C#N)ccc5n4-c4ccccc4C)c31)CCC=C2. The first-order valence-electron chi connectivity index (χ1n) is 20.3. The molecule has 0 saturated carbocycles. The molecule has 2 heterocycles. The predicted molar refractivity (Wildman–Crippen MR) is 233 cm³/mol. The summed E-state index contributed by atoms with van der Waals surface area (Å²) in [4.78, 5) is 0. The monoisotopic (exact) mass is 719 g/mol. The van der Waals surface area contributed by atoms with Gasteiger partial charge in [-0.05, 0) is 130 Å². The Morgan fingerprint density at radius 3 is 2.65 bits per heavy atom. The lowest BCUT2D eigenvalue weighted by Gasteiger charge is -2.37. The van der Waals surface area contributed by atoms with Crippen LogP contribution in [0, 0.1) is 42.9 Å². The summed E-state index contributed by atoms with van der Waals surface area (Å²) in [5.74, 6) is 1.40. The molecule has 5 unspecified atom stereocenters. The molecule has 3 aliphatic rings. The number of allylic oxidation sites excluding steroid dienone is 12. The fourth-order valence-corrected chi connectivity index (χ4v) is 9.99. The van der Waals surface area contributed by atoms with Gasteiger partial charge in [-0.2, -0.15) is 5.26 Å². The zero-order valence-electron chi connectivity index (χ0n) is 32.9. The lowest BCUT2D eigenvalue weighted by molar-refractivity contribution is 0.376. The number of fused-ring (bicyclic) bond motifs is 4. The van der Waals surface area contributed by atoms with Gasteiger partial charge in [0.15, 0.2) is 0 Å². The van der Waals surface area contributed by atoms with Gasteiger partial charge in [0.25, 0.3) is 0 Å². The van der Waals surface area contributed by atoms with E-state index in [2.05, 4.69) is 177 Å². The Hall–Kier alpha value is -5.59. The van der Waals surface area contributed by atoms with Gasteiger partial charge in [-0.3, -0.25) is 0 Å². The molecule has 276 valence electrons. The fourth-order valence-electron chi connectivity index (χ4n) is 9.99. The zero-order chi connectivity index (χ0) is 38.1. The van der Waals surface area contributed by atoms with Crippen LogP contribution in [0.1, 0.15) is 90.7 Å². The second kappa shape index (κ2) is 15.6. The first-order valence-corrected chi connectivity index (χ1v) is 20.3. The van der Waals surface area contributed by atoms with E-state index in [9.17, 15) is 5.26 Å². The van der Waals surface area contributed by atoms with Crippen LogP contribution in [0.4, 0.5) is 0 Å². The summed E-state index contributed by atoms with van der Waals surface area (Å²) in [5, 5.41) is 12.3. The molecule has 0 spiro atoms. The topological polar surface area (TPSA) is 33.6 Å². The van der Waals surface area contributed by atoms with Crippen LogP contribution in [0.5, 0.6) is 0 Å². The molecule has 8 rings (SSSR count). The highest BCUT2D eigenvalue weighted by atomic mass is 15.0. The van der Waals surface area contributed by atoms with Crippen LogP contribution in [0.15, 0.2) is 140 Å². The standard InChI is InChI=1S/C52H53N3/c1-6-17-39(18-7-2)54-50-28-15-13-24-44(50)46-26-16-25-45(52(46)54)43-23-12-11-22-42(43)41-21-10-9-20-40(41)35(3)29-31-49-37(5)47-33-38(34-53)30-32-51(47)55(49)48-27-14-8-19-36(48)4/h6-12,14-16,18-20,22-23,25-28,30,32-33,35,39,41-43H,1,13,17,21,24,29,31H2,2-5H3/b18-7-. The molecule has 0 amide bonds. The molecular formula is C52H53N3. The van der Waals surface area contributed by atoms with Crippen molar-refractivity contribution in [1.82, 2.24) is 9.13 Å². The van der Waals surface area contributed by atoms with Crippen LogP contribution in [0.2, 0.25) is 0 Å². The molecule has 2 aromatic heterocycles. The lowest BCUT2D eigenvalue weighted by atomic mass is 9.67. The van der Waals surface area contributed by atoms with E-state index < -0.39 is 0 Å². The number of rotatable bonds is 11. The second-order valence-corrected chi connectivity index (χ2v) is 15.8. The van der Waals surface area contributed by atoms with Gasteiger partial charge in [0.2, 0.25) is 0 Å². The van der Waals surface area contributed by atoms with Crippen LogP contribution in [0.25, 0.3) is 33.6 Å². The number of para-hydroxylation sites is 2. The summed E-state index contributed by atoms with van der Waals surface area (Å²) < 4.78 is 5.10. The van der Waals surface area contributed by atoms with Gasteiger partial charge in [-0.25, -0.2) is 0 Å². The van der Waals surface area contributed by atoms with Gasteiger partial charge in [0, 0.05) is 33.8 Å². The molecular weight excluding hydrogens is 667 g/mol. The van der Waals surface area contributed by atoms with Crippen molar-refractivity contribution < 1.29 is 0 Å². The molecule has 55 heavy (non-hydrogen) atoms. The average Bonchev–Trinajstić information content (AvgIpc) is 3.71. The molecule has 3 heteroatoms. The highest BCUT2D eigenvalue weighted by Crippen LogP contribution is 2.47. The molecule has 3 nitrogen and oxygen atoms in total. The molecule has 0 N–H and O–H groups in total. The number of nitrogens with zero attached hydrogens (tertiary/aromatic N) is 3. The number of hydrogen-bond acceptors (Lipinski definition) is 1. The molecule has 0 aliphatic heterocycles. The zero-order valence-corrected chi connectivity index (χ0v) is 32.9. The Bertz CT molecular complexity index is 2490. The predicted octanol–water partition coefficient (Wildman–Crippen LogP) is 13.3. The highest BCUT2D eigenvalue weighted by Gasteiger charge is 2.35. The molecule has 0 fully saturated rings. The minimum absolute atomic E-state index is 0.220. The third-order valence-electron chi connectivity index (χ3n) is 12.7. The first kappa shape index (κ1) is 36.4. The van der Waals surface area contributed by atoms with E-state index in [1.165, 1.54) is 61.1 Å². The molecule has 3 aliphatic carbocycles. The van der Waals surface area contributed by atoms with E-state index in [-0.39, 0.29) is 12.0 Å². The molecule has 0 radical (unpaired) electrons. The summed E-state index contributed by atoms with van der Waals surface area (Å²) in [6, 6.07) is 24.5. The maximum Gasteiger partial charge on any atom is 0.0991 e. The third-order valence-corrected chi connectivity index (χ3v) is 12.7. The van der Waals surface area contributed by atoms with Gasteiger partial charge in [0.05, 0.1) is 28.7 Å². The lowest BCUT2D eigenvalue weighted by Crippen LogP contribution is -2.26. The smallest absolute Gasteiger partial charge is 0.0991 e. The van der Waals surface area contributed by atoms with E-state index in [0.717, 1.165) is 38.5 Å². The van der Waals surface area contributed by atoms with Crippen LogP contribution < -0.4 is 0 Å². The van der Waals surface area contributed by atoms with Crippen molar-refractivity contribution in [3.63, 3.8) is 0 Å². The minimum atomic E-state index is 0.220. The Morgan fingerprint density at radius 2 is 1.84 bits per heavy atom. The second-order valence-electron chi connectivity index (χ2n) is 15.8. The van der Waals surface area contributed by atoms with Crippen molar-refractivity contribution in [1.29, 1.82) is 5.26 Å². The summed E-state index contributed by atoms with van der Waals surface area (Å²) >= 11 is 0. The largest absolute Gasteiger partial charge is 0.333 e. The van der Waals surface area contributed by atoms with E-state index in [0.29, 0.717) is 23.3 Å². The van der Waals surface area contributed by atoms with Crippen molar-refractivity contribution in [2.45, 2.75) is 78.2 Å². The number of nitriles is 1. The molecule has 5 aromatic rings. The number of hydrogen-bond donors (Lipinski definition) is 0. The summed E-state index contributed by atoms with van der Waals surface area (Å²) in [6.07, 6.45) is 34.1. The average molecular weight is 720 g/mol. The van der Waals surface area contributed by atoms with Crippen molar-refractivity contribution >= 4 is 27.9 Å². The van der Waals surface area contributed by atoms with Crippen molar-refractivity contribution in [2.75, 3.05) is 0 Å². The number of benzene rings is 3. The first-order chi connectivity index (χ1) is 26.9. The molecule has 0 saturated heterocycles. The van der Waals surface area contributed by atoms with E-state index in [1.807, 2.05) is 6.07 Å². The van der Waals surface area contributed by atoms with Crippen LogP contribution in [-0.4, -0.2) is 9.13 Å². The Labute approximate surface area is 327 Å². The van der Waals surface area contributed by atoms with Gasteiger partial charge >= 0.3 is 0 Å². The summed E-state index contributed by atoms with van der Waals surface area (Å²) in [6.45, 7) is 13.2. The fraction of sp³-hybridized carbons (Fsp3) is 0.288. The van der Waals surface area contributed by atoms with Gasteiger partial charge in [-0.1, -0.05) is 116 Å². The van der Waals surface area contributed by atoms with Gasteiger partial charge in [-0.15, -0.1) is 6.58 Å². The maximum absolute atomic E-state index is 9.75. The number of aromatic nitrogens is 2. The highest BCUT2D eigenvalue weighted by molar-refractivity contribution is 5.92. The van der Waals surface area contributed by atoms with E-state index >= 15 is 0 Å². The van der Waals surface area contributed by atoms with Crippen LogP contribution >= 0.6 is 0 Å². The van der Waals surface area contributed by atoms with Crippen LogP contribution in [0.3, 0.4) is 0 Å². The van der Waals surface area contributed by atoms with Crippen LogP contribution in [-0.2, 0) is 12.8 Å². The molecule has 0 bridgehead atoms. The molecule has 3 aromatic carbocycles. The minimum Gasteiger partial charge on any atom is -0.333 e. The van der Waals surface area contributed by atoms with Crippen molar-refractivity contribution in [3.8, 4) is 11.8 Å². The normalized spacial score (nSPS) is 20.2. The van der Waals surface area contributed by atoms with Crippen molar-refractivity contribution in [2.24, 2.45) is 17.8 Å². The van der Waals surface area contributed by atoms with E-state index in [4.69, 9.17) is 0 Å². The van der Waals surface area contributed by atoms with Crippen molar-refractivity contribution in [3.05, 3.63) is 179 Å². The number of aryl methyl sites for hydroxylation is 3. The quantitative estimate of drug-likeness (QED) is 0.125. The van der Waals surface area contributed by atoms with Gasteiger partial charge < -0.3 is 9.13 Å². The molecule has 5 atom stereocenters. The van der Waals surface area contributed by atoms with Gasteiger partial charge in [0.1, 0.15) is 0 Å². The maximum atomic E-state index is 9.75. The Kier molecular flexibility index (Phi) is 10.3. The third kappa shape index (κ3) is 6.53. The van der Waals surface area contributed by atoms with E-state index in [1.54, 1.807) is 5.57 Å². The summed E-state index contributed by atoms with van der Waals surface area (Å²) in [5.41, 5.74) is 14.2. The Balaban J connectivity index is 1.15. The Morgan fingerprint density at radius 1 is 0.982 bits per heavy atom.